The molecule has 112 valence electrons. The lowest BCUT2D eigenvalue weighted by Crippen LogP contribution is -2.37. The molecule has 1 aromatic rings. The quantitative estimate of drug-likeness (QED) is 0.734. The Morgan fingerprint density at radius 2 is 1.85 bits per heavy atom. The molecule has 2 rings (SSSR count). The fraction of sp³-hybridized carbons (Fsp3) is 0.667. The number of nitrogens with zero attached hydrogens (tertiary/aromatic N) is 1. The van der Waals surface area contributed by atoms with Crippen LogP contribution >= 0.6 is 0 Å². The molecule has 1 unspecified atom stereocenters. The van der Waals surface area contributed by atoms with Gasteiger partial charge >= 0.3 is 0 Å². The van der Waals surface area contributed by atoms with Crippen molar-refractivity contribution in [3.8, 4) is 0 Å². The lowest BCUT2D eigenvalue weighted by atomic mass is 10.0. The number of rotatable bonds is 9. The number of aryl methyl sites for hydroxylation is 1. The van der Waals surface area contributed by atoms with Gasteiger partial charge < -0.3 is 5.32 Å². The Kier molecular flexibility index (Phi) is 6.06. The summed E-state index contributed by atoms with van der Waals surface area (Å²) in [5.74, 6) is 0. The van der Waals surface area contributed by atoms with Crippen LogP contribution in [0.2, 0.25) is 0 Å². The number of benzene rings is 1. The van der Waals surface area contributed by atoms with Crippen LogP contribution in [0.1, 0.15) is 56.7 Å². The smallest absolute Gasteiger partial charge is 0.0449 e. The lowest BCUT2D eigenvalue weighted by Gasteiger charge is -2.28. The minimum Gasteiger partial charge on any atom is -0.309 e. The van der Waals surface area contributed by atoms with Crippen molar-refractivity contribution < 1.29 is 0 Å². The van der Waals surface area contributed by atoms with Crippen LogP contribution < -0.4 is 5.32 Å². The fourth-order valence-electron chi connectivity index (χ4n) is 2.79. The second-order valence-electron chi connectivity index (χ2n) is 6.14. The largest absolute Gasteiger partial charge is 0.309 e. The first kappa shape index (κ1) is 15.5. The van der Waals surface area contributed by atoms with Crippen LogP contribution in [0.4, 0.5) is 0 Å². The van der Waals surface area contributed by atoms with E-state index >= 15 is 0 Å². The molecule has 0 aromatic heterocycles. The van der Waals surface area contributed by atoms with Crippen molar-refractivity contribution in [2.24, 2.45) is 0 Å². The van der Waals surface area contributed by atoms with Gasteiger partial charge in [0.05, 0.1) is 0 Å². The van der Waals surface area contributed by atoms with Gasteiger partial charge in [-0.2, -0.15) is 0 Å². The summed E-state index contributed by atoms with van der Waals surface area (Å²) in [6.45, 7) is 10.2. The molecule has 0 bridgehead atoms. The topological polar surface area (TPSA) is 15.3 Å². The van der Waals surface area contributed by atoms with E-state index in [0.29, 0.717) is 6.04 Å². The van der Waals surface area contributed by atoms with Crippen molar-refractivity contribution in [2.45, 2.75) is 58.5 Å². The molecule has 1 aromatic carbocycles. The summed E-state index contributed by atoms with van der Waals surface area (Å²) in [5.41, 5.74) is 2.78. The van der Waals surface area contributed by atoms with Gasteiger partial charge in [-0.15, -0.1) is 0 Å². The van der Waals surface area contributed by atoms with E-state index in [9.17, 15) is 0 Å². The first-order chi connectivity index (χ1) is 9.74. The lowest BCUT2D eigenvalue weighted by molar-refractivity contribution is 0.233. The van der Waals surface area contributed by atoms with Gasteiger partial charge in [-0.1, -0.05) is 43.7 Å². The van der Waals surface area contributed by atoms with Gasteiger partial charge in [0.25, 0.3) is 0 Å². The molecule has 0 aliphatic heterocycles. The molecule has 1 saturated carbocycles. The zero-order valence-corrected chi connectivity index (χ0v) is 13.4. The van der Waals surface area contributed by atoms with Crippen LogP contribution in [0.25, 0.3) is 0 Å². The van der Waals surface area contributed by atoms with Crippen molar-refractivity contribution >= 4 is 0 Å². The summed E-state index contributed by atoms with van der Waals surface area (Å²) in [7, 11) is 0. The first-order valence-electron chi connectivity index (χ1n) is 8.28. The molecule has 0 amide bonds. The van der Waals surface area contributed by atoms with Crippen LogP contribution in [0, 0.1) is 6.92 Å². The zero-order valence-electron chi connectivity index (χ0n) is 13.4. The maximum Gasteiger partial charge on any atom is 0.0449 e. The van der Waals surface area contributed by atoms with Crippen LogP contribution in [0.3, 0.4) is 0 Å². The van der Waals surface area contributed by atoms with E-state index in [1.807, 2.05) is 0 Å². The molecule has 1 atom stereocenters. The molecule has 0 radical (unpaired) electrons. The van der Waals surface area contributed by atoms with Crippen LogP contribution in [0.15, 0.2) is 24.3 Å². The standard InChI is InChI=1S/C18H30N2/c1-4-12-19-18(16-8-6-15(3)7-9-16)14-20(13-5-2)17-10-11-17/h6-9,17-19H,4-5,10-14H2,1-3H3. The maximum atomic E-state index is 3.74. The van der Waals surface area contributed by atoms with Crippen LogP contribution in [-0.4, -0.2) is 30.6 Å². The molecule has 2 heteroatoms. The van der Waals surface area contributed by atoms with E-state index in [4.69, 9.17) is 0 Å². The Morgan fingerprint density at radius 1 is 1.15 bits per heavy atom. The summed E-state index contributed by atoms with van der Waals surface area (Å²) in [6.07, 6.45) is 5.24. The van der Waals surface area contributed by atoms with E-state index in [2.05, 4.69) is 55.3 Å². The molecular formula is C18H30N2. The van der Waals surface area contributed by atoms with Gasteiger partial charge in [0.15, 0.2) is 0 Å². The van der Waals surface area contributed by atoms with E-state index in [1.165, 1.54) is 43.4 Å². The Hall–Kier alpha value is -0.860. The Morgan fingerprint density at radius 3 is 2.40 bits per heavy atom. The van der Waals surface area contributed by atoms with Crippen LogP contribution in [0.5, 0.6) is 0 Å². The third-order valence-electron chi connectivity index (χ3n) is 4.11. The Balaban J connectivity index is 2.03. The number of nitrogens with one attached hydrogen (secondary N) is 1. The van der Waals surface area contributed by atoms with Gasteiger partial charge in [-0.25, -0.2) is 0 Å². The average molecular weight is 274 g/mol. The normalized spacial score (nSPS) is 16.6. The summed E-state index contributed by atoms with van der Waals surface area (Å²) in [5, 5.41) is 3.74. The minimum atomic E-state index is 0.475. The highest BCUT2D eigenvalue weighted by Gasteiger charge is 2.30. The molecule has 1 fully saturated rings. The molecule has 0 saturated heterocycles. The molecule has 2 nitrogen and oxygen atoms in total. The van der Waals surface area contributed by atoms with E-state index < -0.39 is 0 Å². The summed E-state index contributed by atoms with van der Waals surface area (Å²) < 4.78 is 0. The van der Waals surface area contributed by atoms with Crippen molar-refractivity contribution in [1.82, 2.24) is 10.2 Å². The van der Waals surface area contributed by atoms with Crippen molar-refractivity contribution in [1.29, 1.82) is 0 Å². The zero-order chi connectivity index (χ0) is 14.4. The van der Waals surface area contributed by atoms with E-state index in [0.717, 1.165) is 19.1 Å². The first-order valence-corrected chi connectivity index (χ1v) is 8.28. The molecule has 1 N–H and O–H groups in total. The maximum absolute atomic E-state index is 3.74. The van der Waals surface area contributed by atoms with Gasteiger partial charge in [-0.05, 0) is 51.3 Å². The molecule has 1 aliphatic rings. The predicted octanol–water partition coefficient (Wildman–Crippen LogP) is 3.91. The molecule has 1 aliphatic carbocycles. The highest BCUT2D eigenvalue weighted by atomic mass is 15.2. The SMILES string of the molecule is CCCNC(CN(CCC)C1CC1)c1ccc(C)cc1. The second kappa shape index (κ2) is 7.80. The average Bonchev–Trinajstić information content (AvgIpc) is 3.28. The van der Waals surface area contributed by atoms with Crippen molar-refractivity contribution in [2.75, 3.05) is 19.6 Å². The summed E-state index contributed by atoms with van der Waals surface area (Å²) >= 11 is 0. The highest BCUT2D eigenvalue weighted by Crippen LogP contribution is 2.29. The van der Waals surface area contributed by atoms with Gasteiger partial charge in [0.1, 0.15) is 0 Å². The summed E-state index contributed by atoms with van der Waals surface area (Å²) in [6, 6.07) is 10.4. The Labute approximate surface area is 124 Å². The minimum absolute atomic E-state index is 0.475. The monoisotopic (exact) mass is 274 g/mol. The second-order valence-corrected chi connectivity index (χ2v) is 6.14. The Bertz CT molecular complexity index is 381. The number of hydrogen-bond donors (Lipinski definition) is 1. The van der Waals surface area contributed by atoms with E-state index in [-0.39, 0.29) is 0 Å². The third-order valence-corrected chi connectivity index (χ3v) is 4.11. The van der Waals surface area contributed by atoms with Crippen molar-refractivity contribution in [3.05, 3.63) is 35.4 Å². The molecular weight excluding hydrogens is 244 g/mol. The van der Waals surface area contributed by atoms with Crippen molar-refractivity contribution in [3.63, 3.8) is 0 Å². The molecule has 0 heterocycles. The molecule has 20 heavy (non-hydrogen) atoms. The number of hydrogen-bond acceptors (Lipinski definition) is 2. The fourth-order valence-corrected chi connectivity index (χ4v) is 2.79. The third kappa shape index (κ3) is 4.60. The predicted molar refractivity (Wildman–Crippen MR) is 87.1 cm³/mol. The van der Waals surface area contributed by atoms with Gasteiger partial charge in [0, 0.05) is 18.6 Å². The van der Waals surface area contributed by atoms with Gasteiger partial charge in [0.2, 0.25) is 0 Å². The highest BCUT2D eigenvalue weighted by molar-refractivity contribution is 5.24. The van der Waals surface area contributed by atoms with E-state index in [1.54, 1.807) is 0 Å². The molecule has 0 spiro atoms. The summed E-state index contributed by atoms with van der Waals surface area (Å²) in [4.78, 5) is 2.69. The van der Waals surface area contributed by atoms with Gasteiger partial charge in [-0.3, -0.25) is 4.90 Å². The van der Waals surface area contributed by atoms with Crippen LogP contribution in [-0.2, 0) is 0 Å².